The maximum Gasteiger partial charge on any atom is 0.165 e. The van der Waals surface area contributed by atoms with Crippen LogP contribution in [0.5, 0.6) is 5.75 Å². The van der Waals surface area contributed by atoms with E-state index in [-0.39, 0.29) is 24.3 Å². The summed E-state index contributed by atoms with van der Waals surface area (Å²) in [5.41, 5.74) is 0.567. The number of benzene rings is 1. The summed E-state index contributed by atoms with van der Waals surface area (Å²) in [6, 6.07) is 4.81. The number of nitrogens with one attached hydrogen (secondary N) is 1. The first-order valence-electron chi connectivity index (χ1n) is 6.53. The van der Waals surface area contributed by atoms with Gasteiger partial charge in [0.15, 0.2) is 11.6 Å². The fourth-order valence-corrected chi connectivity index (χ4v) is 2.64. The Balaban J connectivity index is 1.96. The van der Waals surface area contributed by atoms with Gasteiger partial charge in [-0.15, -0.1) is 0 Å². The van der Waals surface area contributed by atoms with Crippen molar-refractivity contribution < 1.29 is 14.6 Å². The van der Waals surface area contributed by atoms with Crippen molar-refractivity contribution >= 4 is 0 Å². The van der Waals surface area contributed by atoms with Crippen LogP contribution in [0.1, 0.15) is 31.2 Å². The minimum absolute atomic E-state index is 0.187. The van der Waals surface area contributed by atoms with Crippen molar-refractivity contribution in [3.05, 3.63) is 29.6 Å². The molecule has 1 aliphatic rings. The summed E-state index contributed by atoms with van der Waals surface area (Å²) >= 11 is 0. The van der Waals surface area contributed by atoms with E-state index >= 15 is 0 Å². The van der Waals surface area contributed by atoms with Gasteiger partial charge in [-0.25, -0.2) is 4.39 Å². The topological polar surface area (TPSA) is 52.5 Å². The summed E-state index contributed by atoms with van der Waals surface area (Å²) in [5.74, 6) is -0.590. The Morgan fingerprint density at radius 2 is 2.06 bits per heavy atom. The van der Waals surface area contributed by atoms with Crippen LogP contribution in [-0.4, -0.2) is 22.9 Å². The van der Waals surface area contributed by atoms with Crippen molar-refractivity contribution in [3.63, 3.8) is 0 Å². The van der Waals surface area contributed by atoms with Gasteiger partial charge >= 0.3 is 0 Å². The number of hydrogen-bond donors (Lipinski definition) is 3. The van der Waals surface area contributed by atoms with Gasteiger partial charge < -0.3 is 15.5 Å². The van der Waals surface area contributed by atoms with Crippen molar-refractivity contribution in [2.24, 2.45) is 5.92 Å². The van der Waals surface area contributed by atoms with Gasteiger partial charge in [0.05, 0.1) is 0 Å². The normalized spacial score (nSPS) is 24.1. The Morgan fingerprint density at radius 3 is 2.83 bits per heavy atom. The maximum atomic E-state index is 13.2. The minimum atomic E-state index is -0.586. The molecule has 1 aromatic rings. The van der Waals surface area contributed by atoms with E-state index in [4.69, 9.17) is 0 Å². The summed E-state index contributed by atoms with van der Waals surface area (Å²) in [5, 5.41) is 22.2. The maximum absolute atomic E-state index is 13.2. The van der Waals surface area contributed by atoms with Crippen molar-refractivity contribution in [1.29, 1.82) is 0 Å². The molecule has 3 N–H and O–H groups in total. The Morgan fingerprint density at radius 1 is 1.28 bits per heavy atom. The van der Waals surface area contributed by atoms with Gasteiger partial charge in [0.1, 0.15) is 0 Å². The van der Waals surface area contributed by atoms with E-state index in [1.54, 1.807) is 12.1 Å². The second kappa shape index (κ2) is 6.16. The number of para-hydroxylation sites is 1. The van der Waals surface area contributed by atoms with Crippen molar-refractivity contribution in [3.8, 4) is 5.75 Å². The number of hydrogen-bond acceptors (Lipinski definition) is 3. The second-order valence-electron chi connectivity index (χ2n) is 4.96. The summed E-state index contributed by atoms with van der Waals surface area (Å²) in [6.07, 6.45) is 4.38. The Bertz CT molecular complexity index is 397. The van der Waals surface area contributed by atoms with Crippen LogP contribution in [0.15, 0.2) is 18.2 Å². The van der Waals surface area contributed by atoms with Crippen LogP contribution in [0.2, 0.25) is 0 Å². The SMILES string of the molecule is OCC1CCCCC1NCc1cccc(F)c1O. The number of aliphatic hydroxyl groups excluding tert-OH is 1. The van der Waals surface area contributed by atoms with Crippen LogP contribution in [0.4, 0.5) is 4.39 Å². The highest BCUT2D eigenvalue weighted by Gasteiger charge is 2.24. The average molecular weight is 253 g/mol. The lowest BCUT2D eigenvalue weighted by Crippen LogP contribution is -2.39. The molecule has 4 heteroatoms. The molecule has 1 aromatic carbocycles. The van der Waals surface area contributed by atoms with E-state index in [9.17, 15) is 14.6 Å². The lowest BCUT2D eigenvalue weighted by molar-refractivity contribution is 0.152. The first kappa shape index (κ1) is 13.3. The summed E-state index contributed by atoms with van der Waals surface area (Å²) in [6.45, 7) is 0.623. The van der Waals surface area contributed by atoms with E-state index in [0.29, 0.717) is 12.1 Å². The zero-order valence-electron chi connectivity index (χ0n) is 10.4. The first-order chi connectivity index (χ1) is 8.72. The smallest absolute Gasteiger partial charge is 0.165 e. The van der Waals surface area contributed by atoms with E-state index in [1.807, 2.05) is 0 Å². The summed E-state index contributed by atoms with van der Waals surface area (Å²) < 4.78 is 13.2. The van der Waals surface area contributed by atoms with E-state index in [2.05, 4.69) is 5.32 Å². The van der Waals surface area contributed by atoms with Gasteiger partial charge in [-0.2, -0.15) is 0 Å². The zero-order valence-corrected chi connectivity index (χ0v) is 10.4. The molecule has 3 nitrogen and oxygen atoms in total. The van der Waals surface area contributed by atoms with Crippen molar-refractivity contribution in [2.75, 3.05) is 6.61 Å². The zero-order chi connectivity index (χ0) is 13.0. The molecular formula is C14H20FNO2. The molecule has 18 heavy (non-hydrogen) atoms. The van der Waals surface area contributed by atoms with Crippen molar-refractivity contribution in [2.45, 2.75) is 38.3 Å². The highest BCUT2D eigenvalue weighted by Crippen LogP contribution is 2.25. The molecule has 2 unspecified atom stereocenters. The molecule has 100 valence electrons. The molecule has 0 aliphatic heterocycles. The van der Waals surface area contributed by atoms with Gasteiger partial charge in [0, 0.05) is 24.8 Å². The lowest BCUT2D eigenvalue weighted by Gasteiger charge is -2.31. The fourth-order valence-electron chi connectivity index (χ4n) is 2.64. The molecule has 1 fully saturated rings. The number of aromatic hydroxyl groups is 1. The van der Waals surface area contributed by atoms with Crippen molar-refractivity contribution in [1.82, 2.24) is 5.32 Å². The molecule has 0 bridgehead atoms. The quantitative estimate of drug-likeness (QED) is 0.771. The fraction of sp³-hybridized carbons (Fsp3) is 0.571. The van der Waals surface area contributed by atoms with Crippen LogP contribution < -0.4 is 5.32 Å². The lowest BCUT2D eigenvalue weighted by atomic mass is 9.85. The van der Waals surface area contributed by atoms with Gasteiger partial charge in [-0.3, -0.25) is 0 Å². The average Bonchev–Trinajstić information content (AvgIpc) is 2.41. The van der Waals surface area contributed by atoms with Gasteiger partial charge in [-0.1, -0.05) is 25.0 Å². The van der Waals surface area contributed by atoms with Gasteiger partial charge in [0.2, 0.25) is 0 Å². The van der Waals surface area contributed by atoms with Crippen LogP contribution >= 0.6 is 0 Å². The van der Waals surface area contributed by atoms with Crippen LogP contribution in [0, 0.1) is 11.7 Å². The molecule has 0 spiro atoms. The van der Waals surface area contributed by atoms with E-state index in [0.717, 1.165) is 25.7 Å². The Kier molecular flexibility index (Phi) is 4.55. The van der Waals surface area contributed by atoms with Crippen LogP contribution in [0.3, 0.4) is 0 Å². The van der Waals surface area contributed by atoms with Gasteiger partial charge in [0.25, 0.3) is 0 Å². The molecule has 2 atom stereocenters. The number of halogens is 1. The van der Waals surface area contributed by atoms with Gasteiger partial charge in [-0.05, 0) is 24.8 Å². The third kappa shape index (κ3) is 3.00. The standard InChI is InChI=1S/C14H20FNO2/c15-12-6-3-5-10(14(12)18)8-16-13-7-2-1-4-11(13)9-17/h3,5-6,11,13,16-18H,1-2,4,7-9H2. The first-order valence-corrected chi connectivity index (χ1v) is 6.53. The molecule has 1 saturated carbocycles. The molecule has 0 saturated heterocycles. The highest BCUT2D eigenvalue weighted by molar-refractivity contribution is 5.33. The largest absolute Gasteiger partial charge is 0.505 e. The minimum Gasteiger partial charge on any atom is -0.505 e. The predicted octanol–water partition coefficient (Wildman–Crippen LogP) is 2.17. The molecule has 0 heterocycles. The number of aliphatic hydroxyl groups is 1. The molecule has 0 aromatic heterocycles. The Hall–Kier alpha value is -1.13. The second-order valence-corrected chi connectivity index (χ2v) is 4.96. The number of phenolic OH excluding ortho intramolecular Hbond substituents is 1. The van der Waals surface area contributed by atoms with E-state index in [1.165, 1.54) is 6.07 Å². The van der Waals surface area contributed by atoms with Crippen LogP contribution in [-0.2, 0) is 6.54 Å². The monoisotopic (exact) mass is 253 g/mol. The Labute approximate surface area is 107 Å². The predicted molar refractivity (Wildman–Crippen MR) is 67.7 cm³/mol. The summed E-state index contributed by atoms with van der Waals surface area (Å²) in [4.78, 5) is 0. The third-order valence-electron chi connectivity index (χ3n) is 3.77. The molecular weight excluding hydrogens is 233 g/mol. The van der Waals surface area contributed by atoms with E-state index < -0.39 is 5.82 Å². The number of rotatable bonds is 4. The molecule has 0 amide bonds. The highest BCUT2D eigenvalue weighted by atomic mass is 19.1. The summed E-state index contributed by atoms with van der Waals surface area (Å²) in [7, 11) is 0. The molecule has 0 radical (unpaired) electrons. The molecule has 1 aliphatic carbocycles. The number of phenols is 1. The third-order valence-corrected chi connectivity index (χ3v) is 3.77. The van der Waals surface area contributed by atoms with Crippen LogP contribution in [0.25, 0.3) is 0 Å². The molecule has 2 rings (SSSR count).